The molecule has 0 radical (unpaired) electrons. The van der Waals surface area contributed by atoms with Crippen LogP contribution in [0.1, 0.15) is 15.9 Å². The van der Waals surface area contributed by atoms with Crippen LogP contribution in [0.3, 0.4) is 0 Å². The number of nitro groups is 1. The second kappa shape index (κ2) is 6.55. The number of aromatic carboxylic acids is 1. The lowest BCUT2D eigenvalue weighted by molar-refractivity contribution is -0.388. The molecule has 108 valence electrons. The van der Waals surface area contributed by atoms with Crippen molar-refractivity contribution in [3.8, 4) is 0 Å². The van der Waals surface area contributed by atoms with Crippen LogP contribution in [0.15, 0.2) is 41.6 Å². The van der Waals surface area contributed by atoms with Crippen LogP contribution < -0.4 is 0 Å². The first-order valence-corrected chi connectivity index (χ1v) is 7.08. The van der Waals surface area contributed by atoms with Gasteiger partial charge in [0.2, 0.25) is 0 Å². The number of halogens is 1. The molecule has 21 heavy (non-hydrogen) atoms. The Bertz CT molecular complexity index is 691. The van der Waals surface area contributed by atoms with E-state index in [-0.39, 0.29) is 16.3 Å². The summed E-state index contributed by atoms with van der Waals surface area (Å²) >= 11 is 6.94. The maximum atomic E-state index is 11.0. The van der Waals surface area contributed by atoms with Crippen molar-refractivity contribution < 1.29 is 14.8 Å². The Morgan fingerprint density at radius 3 is 2.62 bits per heavy atom. The minimum atomic E-state index is -1.25. The number of hydrogen-bond acceptors (Lipinski definition) is 5. The van der Waals surface area contributed by atoms with Gasteiger partial charge in [-0.3, -0.25) is 10.1 Å². The van der Waals surface area contributed by atoms with Crippen molar-refractivity contribution in [1.82, 2.24) is 4.98 Å². The van der Waals surface area contributed by atoms with Crippen LogP contribution in [0.4, 0.5) is 5.69 Å². The third-order valence-corrected chi connectivity index (χ3v) is 3.88. The quantitative estimate of drug-likeness (QED) is 0.512. The number of thioether (sulfide) groups is 1. The molecule has 0 aliphatic rings. The van der Waals surface area contributed by atoms with Crippen LogP contribution in [0.5, 0.6) is 0 Å². The molecule has 0 fully saturated rings. The van der Waals surface area contributed by atoms with E-state index in [0.29, 0.717) is 10.8 Å². The van der Waals surface area contributed by atoms with Crippen LogP contribution in [0.2, 0.25) is 5.02 Å². The third-order valence-electron chi connectivity index (χ3n) is 2.56. The van der Waals surface area contributed by atoms with E-state index in [1.54, 1.807) is 12.1 Å². The predicted octanol–water partition coefficient (Wildman–Crippen LogP) is 3.63. The van der Waals surface area contributed by atoms with Crippen molar-refractivity contribution in [3.63, 3.8) is 0 Å². The Labute approximate surface area is 128 Å². The topological polar surface area (TPSA) is 93.3 Å². The van der Waals surface area contributed by atoms with Gasteiger partial charge in [0.15, 0.2) is 5.03 Å². The molecule has 0 amide bonds. The fraction of sp³-hybridized carbons (Fsp3) is 0.0769. The van der Waals surface area contributed by atoms with Gasteiger partial charge in [0.1, 0.15) is 0 Å². The molecule has 0 saturated carbocycles. The summed E-state index contributed by atoms with van der Waals surface area (Å²) in [7, 11) is 0. The van der Waals surface area contributed by atoms with Crippen molar-refractivity contribution in [2.45, 2.75) is 10.8 Å². The van der Waals surface area contributed by atoms with E-state index in [1.807, 2.05) is 12.1 Å². The van der Waals surface area contributed by atoms with Gasteiger partial charge in [-0.1, -0.05) is 35.5 Å². The number of carbonyl (C=O) groups is 1. The molecule has 0 unspecified atom stereocenters. The van der Waals surface area contributed by atoms with Gasteiger partial charge in [-0.15, -0.1) is 0 Å². The molecule has 0 bridgehead atoms. The molecule has 2 rings (SSSR count). The number of benzene rings is 1. The van der Waals surface area contributed by atoms with E-state index in [9.17, 15) is 14.9 Å². The molecule has 2 aromatic rings. The van der Waals surface area contributed by atoms with Crippen molar-refractivity contribution in [1.29, 1.82) is 0 Å². The molecule has 0 atom stereocenters. The predicted molar refractivity (Wildman–Crippen MR) is 78.9 cm³/mol. The minimum Gasteiger partial charge on any atom is -0.478 e. The van der Waals surface area contributed by atoms with E-state index in [2.05, 4.69) is 4.98 Å². The second-order valence-electron chi connectivity index (χ2n) is 4.03. The monoisotopic (exact) mass is 324 g/mol. The highest BCUT2D eigenvalue weighted by Crippen LogP contribution is 2.30. The van der Waals surface area contributed by atoms with Crippen LogP contribution in [0, 0.1) is 10.1 Å². The highest BCUT2D eigenvalue weighted by molar-refractivity contribution is 7.98. The van der Waals surface area contributed by atoms with Crippen LogP contribution in [-0.4, -0.2) is 21.0 Å². The van der Waals surface area contributed by atoms with Gasteiger partial charge in [-0.25, -0.2) is 9.78 Å². The number of nitrogens with zero attached hydrogens (tertiary/aromatic N) is 2. The fourth-order valence-corrected chi connectivity index (χ4v) is 2.56. The largest absolute Gasteiger partial charge is 0.478 e. The van der Waals surface area contributed by atoms with Crippen LogP contribution in [-0.2, 0) is 5.75 Å². The Hall–Kier alpha value is -2.12. The lowest BCUT2D eigenvalue weighted by atomic mass is 10.2. The summed E-state index contributed by atoms with van der Waals surface area (Å²) in [6, 6.07) is 8.10. The average molecular weight is 325 g/mol. The zero-order valence-corrected chi connectivity index (χ0v) is 12.1. The van der Waals surface area contributed by atoms with Gasteiger partial charge < -0.3 is 5.11 Å². The van der Waals surface area contributed by atoms with E-state index in [0.717, 1.165) is 17.8 Å². The summed E-state index contributed by atoms with van der Waals surface area (Å²) in [5.74, 6) is -0.780. The molecule has 6 nitrogen and oxygen atoms in total. The van der Waals surface area contributed by atoms with Crippen LogP contribution >= 0.6 is 23.4 Å². The number of carboxylic acid groups (broad SMARTS) is 1. The molecular weight excluding hydrogens is 316 g/mol. The van der Waals surface area contributed by atoms with E-state index in [1.165, 1.54) is 11.8 Å². The number of hydrogen-bond donors (Lipinski definition) is 1. The van der Waals surface area contributed by atoms with Gasteiger partial charge >= 0.3 is 11.7 Å². The normalized spacial score (nSPS) is 10.3. The Morgan fingerprint density at radius 1 is 1.38 bits per heavy atom. The van der Waals surface area contributed by atoms with Crippen molar-refractivity contribution in [3.05, 3.63) is 62.8 Å². The Kier molecular flexibility index (Phi) is 4.77. The maximum Gasteiger partial charge on any atom is 0.337 e. The van der Waals surface area contributed by atoms with Crippen molar-refractivity contribution in [2.24, 2.45) is 0 Å². The van der Waals surface area contributed by atoms with Crippen LogP contribution in [0.25, 0.3) is 0 Å². The van der Waals surface area contributed by atoms with E-state index >= 15 is 0 Å². The molecule has 1 heterocycles. The molecular formula is C13H9ClN2O4S. The highest BCUT2D eigenvalue weighted by atomic mass is 35.5. The van der Waals surface area contributed by atoms with Gasteiger partial charge in [-0.05, 0) is 17.7 Å². The molecule has 0 aliphatic heterocycles. The molecule has 1 aromatic heterocycles. The summed E-state index contributed by atoms with van der Waals surface area (Å²) in [6.07, 6.45) is 1.11. The maximum absolute atomic E-state index is 11.0. The molecule has 0 aliphatic carbocycles. The molecule has 1 N–H and O–H groups in total. The molecule has 0 saturated heterocycles. The number of pyridine rings is 1. The zero-order chi connectivity index (χ0) is 15.4. The molecule has 8 heteroatoms. The first kappa shape index (κ1) is 15.3. The summed E-state index contributed by atoms with van der Waals surface area (Å²) in [4.78, 5) is 25.0. The molecule has 0 spiro atoms. The van der Waals surface area contributed by atoms with Gasteiger partial charge in [-0.2, -0.15) is 0 Å². The SMILES string of the molecule is O=C(O)c1cnc(SCc2ccc(Cl)cc2)c([N+](=O)[O-])c1. The summed E-state index contributed by atoms with van der Waals surface area (Å²) in [5.41, 5.74) is 0.411. The third kappa shape index (κ3) is 3.93. The van der Waals surface area contributed by atoms with Gasteiger partial charge in [0, 0.05) is 23.0 Å². The summed E-state index contributed by atoms with van der Waals surface area (Å²) in [6.45, 7) is 0. The van der Waals surface area contributed by atoms with Crippen molar-refractivity contribution in [2.75, 3.05) is 0 Å². The average Bonchev–Trinajstić information content (AvgIpc) is 2.46. The standard InChI is InChI=1S/C13H9ClN2O4S/c14-10-3-1-8(2-4-10)7-21-12-11(16(19)20)5-9(6-15-12)13(17)18/h1-6H,7H2,(H,17,18). The smallest absolute Gasteiger partial charge is 0.337 e. The second-order valence-corrected chi connectivity index (χ2v) is 5.43. The summed E-state index contributed by atoms with van der Waals surface area (Å²) < 4.78 is 0. The fourth-order valence-electron chi connectivity index (χ4n) is 1.53. The molecule has 1 aromatic carbocycles. The number of rotatable bonds is 5. The Morgan fingerprint density at radius 2 is 2.05 bits per heavy atom. The zero-order valence-electron chi connectivity index (χ0n) is 10.5. The van der Waals surface area contributed by atoms with Gasteiger partial charge in [0.05, 0.1) is 10.5 Å². The van der Waals surface area contributed by atoms with Crippen molar-refractivity contribution >= 4 is 35.0 Å². The lowest BCUT2D eigenvalue weighted by Crippen LogP contribution is -2.01. The first-order valence-electron chi connectivity index (χ1n) is 5.72. The lowest BCUT2D eigenvalue weighted by Gasteiger charge is -2.03. The minimum absolute atomic E-state index is 0.181. The van der Waals surface area contributed by atoms with E-state index < -0.39 is 10.9 Å². The highest BCUT2D eigenvalue weighted by Gasteiger charge is 2.19. The first-order chi connectivity index (χ1) is 9.97. The van der Waals surface area contributed by atoms with Gasteiger partial charge in [0.25, 0.3) is 0 Å². The Balaban J connectivity index is 2.21. The number of carboxylic acids is 1. The number of aromatic nitrogens is 1. The van der Waals surface area contributed by atoms with E-state index in [4.69, 9.17) is 16.7 Å². The summed E-state index contributed by atoms with van der Waals surface area (Å²) in [5, 5.41) is 20.6.